The molecule has 1 saturated heterocycles. The number of methoxy groups -OCH3 is 1. The lowest BCUT2D eigenvalue weighted by Gasteiger charge is -2.27. The summed E-state index contributed by atoms with van der Waals surface area (Å²) in [6.07, 6.45) is 5.36. The van der Waals surface area contributed by atoms with Crippen molar-refractivity contribution < 1.29 is 19.4 Å². The fourth-order valence-corrected chi connectivity index (χ4v) is 4.56. The number of unbranched alkanes of at least 4 members (excludes halogenated alkanes) is 2. The number of Topliss-reactive ketones (excluding diaryl/α,β-unsaturated/α-hetero) is 1. The molecule has 1 amide bonds. The van der Waals surface area contributed by atoms with Crippen LogP contribution in [0.15, 0.2) is 60.2 Å². The van der Waals surface area contributed by atoms with Crippen molar-refractivity contribution in [2.24, 2.45) is 0 Å². The van der Waals surface area contributed by atoms with Crippen LogP contribution >= 0.6 is 0 Å². The van der Waals surface area contributed by atoms with Crippen LogP contribution < -0.4 is 4.74 Å². The van der Waals surface area contributed by atoms with E-state index in [0.717, 1.165) is 57.3 Å². The SMILES string of the molecule is CCCCN(CCCC)CCCN1C(=O)C(=O)C(=C(O)c2ccccc2)[C@H]1c1ccc(OC)cc1. The number of ether oxygens (including phenoxy) is 1. The highest BCUT2D eigenvalue weighted by Gasteiger charge is 2.45. The second-order valence-electron chi connectivity index (χ2n) is 9.03. The van der Waals surface area contributed by atoms with E-state index in [1.807, 2.05) is 30.3 Å². The van der Waals surface area contributed by atoms with E-state index < -0.39 is 17.7 Å². The molecule has 2 aromatic rings. The maximum Gasteiger partial charge on any atom is 0.295 e. The van der Waals surface area contributed by atoms with Crippen LogP contribution in [0.4, 0.5) is 0 Å². The molecular formula is C29H38N2O4. The number of hydrogen-bond donors (Lipinski definition) is 1. The minimum absolute atomic E-state index is 0.139. The first-order chi connectivity index (χ1) is 17.0. The Labute approximate surface area is 209 Å². The third-order valence-corrected chi connectivity index (χ3v) is 6.55. The number of likely N-dealkylation sites (tertiary alicyclic amines) is 1. The molecular weight excluding hydrogens is 440 g/mol. The fraction of sp³-hybridized carbons (Fsp3) is 0.448. The number of carbonyl (C=O) groups excluding carboxylic acids is 2. The highest BCUT2D eigenvalue weighted by Crippen LogP contribution is 2.39. The predicted molar refractivity (Wildman–Crippen MR) is 139 cm³/mol. The number of amides is 1. The highest BCUT2D eigenvalue weighted by atomic mass is 16.5. The number of aliphatic hydroxyl groups excluding tert-OH is 1. The van der Waals surface area contributed by atoms with E-state index in [9.17, 15) is 14.7 Å². The second-order valence-corrected chi connectivity index (χ2v) is 9.03. The van der Waals surface area contributed by atoms with Gasteiger partial charge in [-0.15, -0.1) is 0 Å². The van der Waals surface area contributed by atoms with Crippen LogP contribution in [0.3, 0.4) is 0 Å². The molecule has 1 N–H and O–H groups in total. The summed E-state index contributed by atoms with van der Waals surface area (Å²) in [5.74, 6) is -0.644. The molecule has 1 heterocycles. The van der Waals surface area contributed by atoms with Gasteiger partial charge in [-0.3, -0.25) is 9.59 Å². The first-order valence-electron chi connectivity index (χ1n) is 12.7. The van der Waals surface area contributed by atoms with Crippen LogP contribution in [0.2, 0.25) is 0 Å². The molecule has 2 aromatic carbocycles. The molecule has 1 aliphatic rings. The number of nitrogens with zero attached hydrogens (tertiary/aromatic N) is 2. The largest absolute Gasteiger partial charge is 0.507 e. The lowest BCUT2D eigenvalue weighted by Crippen LogP contribution is -2.34. The maximum atomic E-state index is 13.2. The van der Waals surface area contributed by atoms with Gasteiger partial charge in [0.15, 0.2) is 0 Å². The molecule has 0 radical (unpaired) electrons. The average molecular weight is 479 g/mol. The zero-order chi connectivity index (χ0) is 25.2. The predicted octanol–water partition coefficient (Wildman–Crippen LogP) is 5.41. The highest BCUT2D eigenvalue weighted by molar-refractivity contribution is 6.46. The summed E-state index contributed by atoms with van der Waals surface area (Å²) in [4.78, 5) is 30.4. The topological polar surface area (TPSA) is 70.1 Å². The average Bonchev–Trinajstić information content (AvgIpc) is 3.15. The van der Waals surface area contributed by atoms with Gasteiger partial charge in [0.1, 0.15) is 11.5 Å². The van der Waals surface area contributed by atoms with E-state index >= 15 is 0 Å². The van der Waals surface area contributed by atoms with E-state index in [4.69, 9.17) is 4.74 Å². The molecule has 6 nitrogen and oxygen atoms in total. The number of aliphatic hydroxyl groups is 1. The molecule has 1 aliphatic heterocycles. The van der Waals surface area contributed by atoms with Gasteiger partial charge in [0.2, 0.25) is 0 Å². The van der Waals surface area contributed by atoms with E-state index in [2.05, 4.69) is 18.7 Å². The van der Waals surface area contributed by atoms with Crippen LogP contribution in [-0.2, 0) is 9.59 Å². The summed E-state index contributed by atoms with van der Waals surface area (Å²) in [6, 6.07) is 15.6. The Kier molecular flexibility index (Phi) is 9.91. The maximum absolute atomic E-state index is 13.2. The Bertz CT molecular complexity index is 993. The normalized spacial score (nSPS) is 17.4. The number of ketones is 1. The first-order valence-corrected chi connectivity index (χ1v) is 12.7. The van der Waals surface area contributed by atoms with Crippen molar-refractivity contribution in [1.82, 2.24) is 9.80 Å². The lowest BCUT2D eigenvalue weighted by molar-refractivity contribution is -0.140. The molecule has 0 bridgehead atoms. The molecule has 0 aromatic heterocycles. The summed E-state index contributed by atoms with van der Waals surface area (Å²) >= 11 is 0. The molecule has 0 spiro atoms. The molecule has 1 atom stereocenters. The summed E-state index contributed by atoms with van der Waals surface area (Å²) in [5, 5.41) is 11.1. The van der Waals surface area contributed by atoms with Crippen molar-refractivity contribution in [3.05, 3.63) is 71.3 Å². The fourth-order valence-electron chi connectivity index (χ4n) is 4.56. The van der Waals surface area contributed by atoms with Crippen molar-refractivity contribution >= 4 is 17.4 Å². The van der Waals surface area contributed by atoms with Crippen LogP contribution in [0.1, 0.15) is 63.1 Å². The zero-order valence-electron chi connectivity index (χ0n) is 21.2. The van der Waals surface area contributed by atoms with Crippen LogP contribution in [0.25, 0.3) is 5.76 Å². The summed E-state index contributed by atoms with van der Waals surface area (Å²) < 4.78 is 5.29. The molecule has 35 heavy (non-hydrogen) atoms. The standard InChI is InChI=1S/C29H38N2O4/c1-4-6-18-30(19-7-5-2)20-11-21-31-26(22-14-16-24(35-3)17-15-22)25(28(33)29(31)34)27(32)23-12-9-8-10-13-23/h8-10,12-17,26,32H,4-7,11,18-21H2,1-3H3/t26-/m1/s1. The van der Waals surface area contributed by atoms with Gasteiger partial charge in [0.05, 0.1) is 18.7 Å². The quantitative estimate of drug-likeness (QED) is 0.237. The number of hydrogen-bond acceptors (Lipinski definition) is 5. The van der Waals surface area contributed by atoms with Gasteiger partial charge >= 0.3 is 0 Å². The van der Waals surface area contributed by atoms with Crippen molar-refractivity contribution in [2.45, 2.75) is 52.0 Å². The van der Waals surface area contributed by atoms with Gasteiger partial charge in [0.25, 0.3) is 11.7 Å². The van der Waals surface area contributed by atoms with E-state index in [-0.39, 0.29) is 11.3 Å². The lowest BCUT2D eigenvalue weighted by atomic mass is 9.95. The van der Waals surface area contributed by atoms with Crippen LogP contribution in [0.5, 0.6) is 5.75 Å². The van der Waals surface area contributed by atoms with Gasteiger partial charge in [-0.2, -0.15) is 0 Å². The molecule has 188 valence electrons. The van der Waals surface area contributed by atoms with E-state index in [1.165, 1.54) is 0 Å². The van der Waals surface area contributed by atoms with Gasteiger partial charge in [-0.25, -0.2) is 0 Å². The number of benzene rings is 2. The minimum atomic E-state index is -0.638. The Morgan fingerprint density at radius 3 is 2.09 bits per heavy atom. The minimum Gasteiger partial charge on any atom is -0.507 e. The molecule has 6 heteroatoms. The summed E-state index contributed by atoms with van der Waals surface area (Å²) in [7, 11) is 1.60. The van der Waals surface area contributed by atoms with Gasteiger partial charge in [0, 0.05) is 12.1 Å². The molecule has 1 fully saturated rings. The molecule has 0 unspecified atom stereocenters. The Hall–Kier alpha value is -3.12. The molecule has 0 aliphatic carbocycles. The van der Waals surface area contributed by atoms with Crippen molar-refractivity contribution in [3.8, 4) is 5.75 Å². The van der Waals surface area contributed by atoms with Crippen LogP contribution in [-0.4, -0.2) is 59.9 Å². The van der Waals surface area contributed by atoms with Crippen molar-refractivity contribution in [2.75, 3.05) is 33.3 Å². The van der Waals surface area contributed by atoms with Crippen LogP contribution in [0, 0.1) is 0 Å². The Balaban J connectivity index is 1.89. The van der Waals surface area contributed by atoms with E-state index in [0.29, 0.717) is 17.9 Å². The van der Waals surface area contributed by atoms with Gasteiger partial charge in [-0.1, -0.05) is 69.2 Å². The van der Waals surface area contributed by atoms with E-state index in [1.54, 1.807) is 36.3 Å². The molecule has 3 rings (SSSR count). The second kappa shape index (κ2) is 13.1. The van der Waals surface area contributed by atoms with Crippen molar-refractivity contribution in [3.63, 3.8) is 0 Å². The smallest absolute Gasteiger partial charge is 0.295 e. The first kappa shape index (κ1) is 26.5. The summed E-state index contributed by atoms with van der Waals surface area (Å²) in [6.45, 7) is 7.80. The molecule has 0 saturated carbocycles. The summed E-state index contributed by atoms with van der Waals surface area (Å²) in [5.41, 5.74) is 1.44. The third-order valence-electron chi connectivity index (χ3n) is 6.55. The third kappa shape index (κ3) is 6.51. The number of carbonyl (C=O) groups is 2. The zero-order valence-corrected chi connectivity index (χ0v) is 21.2. The Morgan fingerprint density at radius 1 is 0.914 bits per heavy atom. The Morgan fingerprint density at radius 2 is 1.51 bits per heavy atom. The van der Waals surface area contributed by atoms with Gasteiger partial charge in [-0.05, 0) is 56.6 Å². The monoisotopic (exact) mass is 478 g/mol. The van der Waals surface area contributed by atoms with Crippen molar-refractivity contribution in [1.29, 1.82) is 0 Å². The number of rotatable bonds is 13. The van der Waals surface area contributed by atoms with Gasteiger partial charge < -0.3 is 19.6 Å².